The van der Waals surface area contributed by atoms with Crippen LogP contribution in [0.5, 0.6) is 0 Å². The van der Waals surface area contributed by atoms with Gasteiger partial charge in [-0.05, 0) is 25.8 Å². The van der Waals surface area contributed by atoms with E-state index in [2.05, 4.69) is 34.6 Å². The zero-order chi connectivity index (χ0) is 15.0. The number of rotatable bonds is 4. The minimum absolute atomic E-state index is 0.279. The second kappa shape index (κ2) is 5.49. The third-order valence-corrected chi connectivity index (χ3v) is 6.07. The van der Waals surface area contributed by atoms with Gasteiger partial charge < -0.3 is 13.9 Å². The van der Waals surface area contributed by atoms with Gasteiger partial charge in [0.05, 0.1) is 13.2 Å². The molecule has 0 saturated carbocycles. The van der Waals surface area contributed by atoms with Gasteiger partial charge in [-0.3, -0.25) is 0 Å². The fourth-order valence-electron chi connectivity index (χ4n) is 1.88. The molecule has 1 fully saturated rings. The van der Waals surface area contributed by atoms with E-state index in [0.29, 0.717) is 13.2 Å². The lowest BCUT2D eigenvalue weighted by molar-refractivity contribution is -0.152. The number of thiazole rings is 1. The van der Waals surface area contributed by atoms with Crippen molar-refractivity contribution in [2.45, 2.75) is 58.0 Å². The maximum absolute atomic E-state index is 6.19. The van der Waals surface area contributed by atoms with Crippen LogP contribution < -0.4 is 0 Å². The molecule has 1 aliphatic rings. The zero-order valence-electron chi connectivity index (χ0n) is 13.3. The van der Waals surface area contributed by atoms with Crippen LogP contribution in [-0.2, 0) is 25.3 Å². The van der Waals surface area contributed by atoms with E-state index < -0.39 is 15.6 Å². The molecule has 1 aromatic heterocycles. The monoisotopic (exact) mass is 315 g/mol. The summed E-state index contributed by atoms with van der Waals surface area (Å²) in [7, 11) is -0.617. The predicted octanol–water partition coefficient (Wildman–Crippen LogP) is 2.92. The van der Waals surface area contributed by atoms with Gasteiger partial charge in [0, 0.05) is 5.38 Å². The Kier molecular flexibility index (Phi) is 4.42. The fourth-order valence-corrected chi connectivity index (χ4v) is 3.90. The van der Waals surface area contributed by atoms with Gasteiger partial charge >= 0.3 is 0 Å². The van der Waals surface area contributed by atoms with Crippen molar-refractivity contribution in [3.05, 3.63) is 16.1 Å². The molecule has 0 aromatic carbocycles. The molecule has 0 atom stereocenters. The lowest BCUT2D eigenvalue weighted by atomic mass is 10.1. The van der Waals surface area contributed by atoms with Crippen LogP contribution in [0.25, 0.3) is 0 Å². The highest BCUT2D eigenvalue weighted by Crippen LogP contribution is 2.36. The predicted molar refractivity (Wildman–Crippen MR) is 83.7 cm³/mol. The molecular formula is C14H25NO3SSi. The van der Waals surface area contributed by atoms with Crippen molar-refractivity contribution in [1.82, 2.24) is 4.98 Å². The van der Waals surface area contributed by atoms with Crippen molar-refractivity contribution < 1.29 is 13.9 Å². The molecule has 0 bridgehead atoms. The van der Waals surface area contributed by atoms with E-state index in [1.807, 2.05) is 12.3 Å². The largest absolute Gasteiger partial charge is 0.412 e. The maximum atomic E-state index is 6.19. The minimum Gasteiger partial charge on any atom is -0.412 e. The summed E-state index contributed by atoms with van der Waals surface area (Å²) < 4.78 is 17.5. The van der Waals surface area contributed by atoms with Gasteiger partial charge in [-0.15, -0.1) is 11.3 Å². The molecule has 4 nitrogen and oxygen atoms in total. The lowest BCUT2D eigenvalue weighted by Crippen LogP contribution is -2.28. The van der Waals surface area contributed by atoms with Crippen LogP contribution in [0.2, 0.25) is 5.04 Å². The van der Waals surface area contributed by atoms with E-state index in [1.54, 1.807) is 11.3 Å². The van der Waals surface area contributed by atoms with E-state index in [0.717, 1.165) is 10.7 Å². The number of hydrogen-bond acceptors (Lipinski definition) is 5. The minimum atomic E-state index is -0.688. The average Bonchev–Trinajstić information content (AvgIpc) is 2.95. The molecule has 2 rings (SSSR count). The number of nitrogens with zero attached hydrogens (tertiary/aromatic N) is 1. The third kappa shape index (κ3) is 3.68. The molecule has 0 radical (unpaired) electrons. The van der Waals surface area contributed by atoms with Crippen molar-refractivity contribution in [1.29, 1.82) is 0 Å². The van der Waals surface area contributed by atoms with E-state index in [4.69, 9.17) is 18.9 Å². The van der Waals surface area contributed by atoms with E-state index >= 15 is 0 Å². The molecule has 0 amide bonds. The second-order valence-electron chi connectivity index (χ2n) is 7.04. The molecule has 2 heterocycles. The lowest BCUT2D eigenvalue weighted by Gasteiger charge is -2.28. The fraction of sp³-hybridized carbons (Fsp3) is 0.786. The molecule has 20 heavy (non-hydrogen) atoms. The summed E-state index contributed by atoms with van der Waals surface area (Å²) in [5.74, 6) is -0.688. The van der Waals surface area contributed by atoms with Gasteiger partial charge in [-0.2, -0.15) is 0 Å². The van der Waals surface area contributed by atoms with Gasteiger partial charge in [0.2, 0.25) is 5.79 Å². The van der Waals surface area contributed by atoms with Crippen molar-refractivity contribution in [3.8, 4) is 0 Å². The summed E-state index contributed by atoms with van der Waals surface area (Å²) in [5, 5.41) is 3.29. The summed E-state index contributed by atoms with van der Waals surface area (Å²) in [6.45, 7) is 14.0. The molecule has 114 valence electrons. The number of ether oxygens (including phenoxy) is 2. The summed E-state index contributed by atoms with van der Waals surface area (Å²) in [6.07, 6.45) is 0. The summed E-state index contributed by atoms with van der Waals surface area (Å²) in [6, 6.07) is 0. The first-order valence-electron chi connectivity index (χ1n) is 7.01. The van der Waals surface area contributed by atoms with Crippen LogP contribution in [0.4, 0.5) is 0 Å². The Bertz CT molecular complexity index is 461. The highest BCUT2D eigenvalue weighted by molar-refractivity contribution is 7.09. The Morgan fingerprint density at radius 2 is 1.85 bits per heavy atom. The first-order chi connectivity index (χ1) is 9.12. The molecule has 0 spiro atoms. The third-order valence-electron chi connectivity index (χ3n) is 3.19. The standard InChI is InChI=1S/C14H25NO3SSi/c1-12(2,3)20-18-13(4,5)11-15-10(9-19-11)14(6)16-7-8-17-14/h9H,7-8,20H2,1-6H3. The summed E-state index contributed by atoms with van der Waals surface area (Å²) >= 11 is 1.62. The number of hydrogen-bond donors (Lipinski definition) is 0. The van der Waals surface area contributed by atoms with E-state index in [-0.39, 0.29) is 10.6 Å². The van der Waals surface area contributed by atoms with Crippen LogP contribution in [0, 0.1) is 0 Å². The van der Waals surface area contributed by atoms with Crippen LogP contribution in [0.3, 0.4) is 0 Å². The van der Waals surface area contributed by atoms with Crippen LogP contribution in [0.1, 0.15) is 52.2 Å². The highest BCUT2D eigenvalue weighted by atomic mass is 32.1. The summed E-state index contributed by atoms with van der Waals surface area (Å²) in [4.78, 5) is 4.70. The summed E-state index contributed by atoms with van der Waals surface area (Å²) in [5.41, 5.74) is 0.515. The molecule has 0 unspecified atom stereocenters. The average molecular weight is 316 g/mol. The smallest absolute Gasteiger partial charge is 0.210 e. The van der Waals surface area contributed by atoms with E-state index in [1.165, 1.54) is 0 Å². The Labute approximate surface area is 127 Å². The van der Waals surface area contributed by atoms with Gasteiger partial charge in [-0.1, -0.05) is 20.8 Å². The van der Waals surface area contributed by atoms with Gasteiger partial charge in [0.15, 0.2) is 9.76 Å². The Morgan fingerprint density at radius 1 is 1.25 bits per heavy atom. The van der Waals surface area contributed by atoms with Crippen molar-refractivity contribution in [2.24, 2.45) is 0 Å². The normalized spacial score (nSPS) is 20.1. The molecule has 1 aliphatic heterocycles. The van der Waals surface area contributed by atoms with Crippen LogP contribution >= 0.6 is 11.3 Å². The quantitative estimate of drug-likeness (QED) is 0.801. The number of aromatic nitrogens is 1. The Balaban J connectivity index is 2.11. The van der Waals surface area contributed by atoms with Crippen molar-refractivity contribution >= 4 is 21.1 Å². The molecule has 0 N–H and O–H groups in total. The van der Waals surface area contributed by atoms with Crippen molar-refractivity contribution in [2.75, 3.05) is 13.2 Å². The Morgan fingerprint density at radius 3 is 2.40 bits per heavy atom. The first kappa shape index (κ1) is 16.1. The molecular weight excluding hydrogens is 290 g/mol. The highest BCUT2D eigenvalue weighted by Gasteiger charge is 2.37. The zero-order valence-corrected chi connectivity index (χ0v) is 15.5. The maximum Gasteiger partial charge on any atom is 0.210 e. The van der Waals surface area contributed by atoms with Crippen LogP contribution in [0.15, 0.2) is 5.38 Å². The van der Waals surface area contributed by atoms with Gasteiger partial charge in [-0.25, -0.2) is 4.98 Å². The Hall–Kier alpha value is -0.273. The van der Waals surface area contributed by atoms with Crippen molar-refractivity contribution in [3.63, 3.8) is 0 Å². The molecule has 1 saturated heterocycles. The van der Waals surface area contributed by atoms with Crippen LogP contribution in [-0.4, -0.2) is 28.0 Å². The molecule has 1 aromatic rings. The SMILES string of the molecule is CC(C)(C)[SiH2]OC(C)(C)c1nc(C2(C)OCCO2)cs1. The molecule has 0 aliphatic carbocycles. The van der Waals surface area contributed by atoms with Gasteiger partial charge in [0.25, 0.3) is 0 Å². The molecule has 6 heteroatoms. The topological polar surface area (TPSA) is 40.6 Å². The van der Waals surface area contributed by atoms with E-state index in [9.17, 15) is 0 Å². The first-order valence-corrected chi connectivity index (χ1v) is 9.17. The second-order valence-corrected chi connectivity index (χ2v) is 10.6. The van der Waals surface area contributed by atoms with Gasteiger partial charge in [0.1, 0.15) is 16.3 Å².